The summed E-state index contributed by atoms with van der Waals surface area (Å²) in [5, 5.41) is 6.78. The van der Waals surface area contributed by atoms with Gasteiger partial charge in [-0.05, 0) is 26.0 Å². The van der Waals surface area contributed by atoms with Crippen molar-refractivity contribution in [2.45, 2.75) is 32.9 Å². The summed E-state index contributed by atoms with van der Waals surface area (Å²) in [4.78, 5) is 13.6. The molecular weight excluding hydrogens is 258 g/mol. The highest BCUT2D eigenvalue weighted by atomic mass is 16.5. The van der Waals surface area contributed by atoms with E-state index in [4.69, 9.17) is 8.94 Å². The summed E-state index contributed by atoms with van der Waals surface area (Å²) in [5.74, 6) is 1.59. The van der Waals surface area contributed by atoms with Crippen LogP contribution in [0.15, 0.2) is 33.4 Å². The number of hydrogen-bond donors (Lipinski definition) is 1. The number of furan rings is 1. The number of urea groups is 1. The summed E-state index contributed by atoms with van der Waals surface area (Å²) in [6.45, 7) is 4.17. The number of carbonyl (C=O) groups is 1. The van der Waals surface area contributed by atoms with Gasteiger partial charge in [0.25, 0.3) is 0 Å². The molecule has 6 heteroatoms. The molecule has 0 aliphatic rings. The van der Waals surface area contributed by atoms with Crippen molar-refractivity contribution >= 4 is 6.03 Å². The van der Waals surface area contributed by atoms with E-state index in [1.807, 2.05) is 32.0 Å². The van der Waals surface area contributed by atoms with Crippen LogP contribution in [0, 0.1) is 6.92 Å². The van der Waals surface area contributed by atoms with E-state index in [0.717, 1.165) is 17.2 Å². The Morgan fingerprint density at radius 2 is 2.35 bits per heavy atom. The molecule has 1 atom stereocenters. The molecule has 0 radical (unpaired) electrons. The van der Waals surface area contributed by atoms with Crippen molar-refractivity contribution in [3.8, 4) is 0 Å². The number of nitrogens with zero attached hydrogens (tertiary/aromatic N) is 2. The quantitative estimate of drug-likeness (QED) is 0.910. The first kappa shape index (κ1) is 14.2. The third-order valence-corrected chi connectivity index (χ3v) is 2.88. The highest BCUT2D eigenvalue weighted by Crippen LogP contribution is 2.06. The zero-order valence-corrected chi connectivity index (χ0v) is 11.9. The second kappa shape index (κ2) is 6.27. The van der Waals surface area contributed by atoms with Crippen molar-refractivity contribution in [3.63, 3.8) is 0 Å². The summed E-state index contributed by atoms with van der Waals surface area (Å²) >= 11 is 0. The Morgan fingerprint density at radius 3 is 2.95 bits per heavy atom. The second-order valence-corrected chi connectivity index (χ2v) is 4.92. The molecule has 2 heterocycles. The molecular formula is C14H19N3O3. The summed E-state index contributed by atoms with van der Waals surface area (Å²) in [7, 11) is 1.72. The van der Waals surface area contributed by atoms with E-state index in [1.54, 1.807) is 18.2 Å². The Bertz CT molecular complexity index is 548. The van der Waals surface area contributed by atoms with Gasteiger partial charge in [0, 0.05) is 25.6 Å². The fourth-order valence-corrected chi connectivity index (χ4v) is 1.91. The molecule has 0 bridgehead atoms. The monoisotopic (exact) mass is 277 g/mol. The molecule has 1 N–H and O–H groups in total. The van der Waals surface area contributed by atoms with Crippen molar-refractivity contribution in [1.82, 2.24) is 15.4 Å². The van der Waals surface area contributed by atoms with E-state index in [-0.39, 0.29) is 12.1 Å². The van der Waals surface area contributed by atoms with Gasteiger partial charge in [-0.3, -0.25) is 0 Å². The Labute approximate surface area is 117 Å². The van der Waals surface area contributed by atoms with Crippen LogP contribution in [0.25, 0.3) is 0 Å². The number of aryl methyl sites for hydroxylation is 1. The molecule has 20 heavy (non-hydrogen) atoms. The van der Waals surface area contributed by atoms with Crippen molar-refractivity contribution < 1.29 is 13.7 Å². The van der Waals surface area contributed by atoms with Crippen LogP contribution in [0.1, 0.15) is 24.1 Å². The third-order valence-electron chi connectivity index (χ3n) is 2.88. The minimum absolute atomic E-state index is 0.00450. The van der Waals surface area contributed by atoms with Gasteiger partial charge >= 0.3 is 6.03 Å². The Morgan fingerprint density at radius 1 is 1.55 bits per heavy atom. The van der Waals surface area contributed by atoms with E-state index in [9.17, 15) is 4.79 Å². The molecule has 2 aromatic heterocycles. The van der Waals surface area contributed by atoms with Crippen molar-refractivity contribution in [2.75, 3.05) is 7.05 Å². The number of hydrogen-bond acceptors (Lipinski definition) is 4. The van der Waals surface area contributed by atoms with E-state index >= 15 is 0 Å². The van der Waals surface area contributed by atoms with Crippen LogP contribution in [0.2, 0.25) is 0 Å². The highest BCUT2D eigenvalue weighted by molar-refractivity contribution is 5.74. The van der Waals surface area contributed by atoms with Crippen LogP contribution in [0.3, 0.4) is 0 Å². The fourth-order valence-electron chi connectivity index (χ4n) is 1.91. The summed E-state index contributed by atoms with van der Waals surface area (Å²) in [6, 6.07) is 5.39. The number of aromatic nitrogens is 1. The predicted molar refractivity (Wildman–Crippen MR) is 73.1 cm³/mol. The van der Waals surface area contributed by atoms with E-state index in [2.05, 4.69) is 10.5 Å². The van der Waals surface area contributed by atoms with Gasteiger partial charge in [0.2, 0.25) is 0 Å². The van der Waals surface area contributed by atoms with Gasteiger partial charge in [0.05, 0.1) is 12.8 Å². The molecule has 2 amide bonds. The van der Waals surface area contributed by atoms with Gasteiger partial charge in [-0.1, -0.05) is 5.16 Å². The Kier molecular flexibility index (Phi) is 4.45. The number of carbonyl (C=O) groups excluding carboxylic acids is 1. The van der Waals surface area contributed by atoms with Crippen LogP contribution in [-0.2, 0) is 13.0 Å². The Balaban J connectivity index is 1.81. The van der Waals surface area contributed by atoms with Gasteiger partial charge < -0.3 is 19.2 Å². The van der Waals surface area contributed by atoms with Crippen LogP contribution >= 0.6 is 0 Å². The van der Waals surface area contributed by atoms with E-state index in [0.29, 0.717) is 13.0 Å². The average molecular weight is 277 g/mol. The zero-order valence-electron chi connectivity index (χ0n) is 11.9. The molecule has 0 saturated carbocycles. The fraction of sp³-hybridized carbons (Fsp3) is 0.429. The van der Waals surface area contributed by atoms with Crippen LogP contribution in [0.5, 0.6) is 0 Å². The maximum absolute atomic E-state index is 12.0. The first-order valence-corrected chi connectivity index (χ1v) is 6.51. The van der Waals surface area contributed by atoms with Gasteiger partial charge in [-0.2, -0.15) is 0 Å². The molecule has 6 nitrogen and oxygen atoms in total. The summed E-state index contributed by atoms with van der Waals surface area (Å²) in [5.41, 5.74) is 0.735. The lowest BCUT2D eigenvalue weighted by Gasteiger charge is -2.20. The summed E-state index contributed by atoms with van der Waals surface area (Å²) < 4.78 is 10.2. The average Bonchev–Trinajstić information content (AvgIpc) is 3.01. The van der Waals surface area contributed by atoms with Crippen LogP contribution < -0.4 is 5.32 Å². The molecule has 2 aromatic rings. The first-order chi connectivity index (χ1) is 9.54. The van der Waals surface area contributed by atoms with Crippen molar-refractivity contribution in [3.05, 3.63) is 41.7 Å². The molecule has 0 saturated heterocycles. The van der Waals surface area contributed by atoms with E-state index < -0.39 is 0 Å². The standard InChI is InChI=1S/C14H19N3O3/c1-10(7-13-5-4-6-19-13)15-14(18)17(3)9-12-8-11(2)20-16-12/h4-6,8,10H,7,9H2,1-3H3,(H,15,18)/t10-/m1/s1. The van der Waals surface area contributed by atoms with Gasteiger partial charge in [-0.15, -0.1) is 0 Å². The summed E-state index contributed by atoms with van der Waals surface area (Å²) in [6.07, 6.45) is 2.29. The lowest BCUT2D eigenvalue weighted by atomic mass is 10.2. The SMILES string of the molecule is Cc1cc(CN(C)C(=O)N[C@H](C)Cc2ccco2)no1. The number of amides is 2. The molecule has 0 fully saturated rings. The Hall–Kier alpha value is -2.24. The molecule has 0 aromatic carbocycles. The highest BCUT2D eigenvalue weighted by Gasteiger charge is 2.14. The van der Waals surface area contributed by atoms with Crippen molar-refractivity contribution in [2.24, 2.45) is 0 Å². The third kappa shape index (κ3) is 3.88. The maximum Gasteiger partial charge on any atom is 0.317 e. The molecule has 108 valence electrons. The minimum atomic E-state index is -0.148. The topological polar surface area (TPSA) is 71.5 Å². The molecule has 0 unspecified atom stereocenters. The zero-order chi connectivity index (χ0) is 14.5. The number of rotatable bonds is 5. The van der Waals surface area contributed by atoms with Gasteiger partial charge in [0.15, 0.2) is 0 Å². The molecule has 0 spiro atoms. The lowest BCUT2D eigenvalue weighted by molar-refractivity contribution is 0.201. The van der Waals surface area contributed by atoms with Gasteiger partial charge in [-0.25, -0.2) is 4.79 Å². The minimum Gasteiger partial charge on any atom is -0.469 e. The molecule has 0 aliphatic heterocycles. The van der Waals surface area contributed by atoms with Crippen LogP contribution in [0.4, 0.5) is 4.79 Å². The van der Waals surface area contributed by atoms with Gasteiger partial charge in [0.1, 0.15) is 17.2 Å². The predicted octanol–water partition coefficient (Wildman–Crippen LogP) is 2.35. The van der Waals surface area contributed by atoms with Crippen molar-refractivity contribution in [1.29, 1.82) is 0 Å². The number of nitrogens with one attached hydrogen (secondary N) is 1. The molecule has 2 rings (SSSR count). The smallest absolute Gasteiger partial charge is 0.317 e. The first-order valence-electron chi connectivity index (χ1n) is 6.51. The normalized spacial score (nSPS) is 12.2. The second-order valence-electron chi connectivity index (χ2n) is 4.92. The maximum atomic E-state index is 12.0. The largest absolute Gasteiger partial charge is 0.469 e. The van der Waals surface area contributed by atoms with E-state index in [1.165, 1.54) is 0 Å². The molecule has 0 aliphatic carbocycles. The lowest BCUT2D eigenvalue weighted by Crippen LogP contribution is -2.42. The van der Waals surface area contributed by atoms with Crippen LogP contribution in [-0.4, -0.2) is 29.2 Å².